The summed E-state index contributed by atoms with van der Waals surface area (Å²) in [5, 5.41) is 2.67. The molecule has 4 N–H and O–H groups in total. The number of sulfonamides is 1. The second-order valence-electron chi connectivity index (χ2n) is 5.16. The zero-order valence-electron chi connectivity index (χ0n) is 11.4. The molecule has 1 heterocycles. The van der Waals surface area contributed by atoms with Crippen LogP contribution in [0, 0.1) is 0 Å². The number of carbonyl (C=O) groups excluding carboxylic acids is 1. The summed E-state index contributed by atoms with van der Waals surface area (Å²) in [6.45, 7) is 5.01. The number of halogens is 1. The Morgan fingerprint density at radius 3 is 2.55 bits per heavy atom. The van der Waals surface area contributed by atoms with Crippen molar-refractivity contribution in [2.45, 2.75) is 31.2 Å². The van der Waals surface area contributed by atoms with E-state index in [0.717, 1.165) is 6.20 Å². The van der Waals surface area contributed by atoms with E-state index in [1.54, 1.807) is 20.8 Å². The lowest BCUT2D eigenvalue weighted by molar-refractivity contribution is -0.121. The zero-order chi connectivity index (χ0) is 15.6. The third kappa shape index (κ3) is 4.95. The SMILES string of the molecule is CC(C)(C)NC(=O)CNS(=O)(=O)c1cnc(N)c(Cl)c1. The van der Waals surface area contributed by atoms with Gasteiger partial charge in [0.15, 0.2) is 0 Å². The molecule has 0 aliphatic rings. The Morgan fingerprint density at radius 1 is 1.45 bits per heavy atom. The summed E-state index contributed by atoms with van der Waals surface area (Å²) >= 11 is 5.71. The first-order valence-electron chi connectivity index (χ1n) is 5.73. The minimum absolute atomic E-state index is 0.0343. The van der Waals surface area contributed by atoms with Gasteiger partial charge in [-0.15, -0.1) is 0 Å². The Morgan fingerprint density at radius 2 is 2.05 bits per heavy atom. The number of nitrogens with one attached hydrogen (secondary N) is 2. The maximum Gasteiger partial charge on any atom is 0.242 e. The van der Waals surface area contributed by atoms with Crippen LogP contribution in [0.25, 0.3) is 0 Å². The fourth-order valence-electron chi connectivity index (χ4n) is 1.28. The van der Waals surface area contributed by atoms with Crippen molar-refractivity contribution in [3.8, 4) is 0 Å². The fourth-order valence-corrected chi connectivity index (χ4v) is 2.47. The van der Waals surface area contributed by atoms with E-state index < -0.39 is 21.5 Å². The average Bonchev–Trinajstić information content (AvgIpc) is 2.28. The first kappa shape index (κ1) is 16.7. The topological polar surface area (TPSA) is 114 Å². The third-order valence-corrected chi connectivity index (χ3v) is 3.76. The highest BCUT2D eigenvalue weighted by molar-refractivity contribution is 7.89. The van der Waals surface area contributed by atoms with Gasteiger partial charge in [-0.1, -0.05) is 11.6 Å². The van der Waals surface area contributed by atoms with E-state index in [2.05, 4.69) is 15.0 Å². The van der Waals surface area contributed by atoms with Crippen molar-refractivity contribution in [3.05, 3.63) is 17.3 Å². The Balaban J connectivity index is 2.76. The fraction of sp³-hybridized carbons (Fsp3) is 0.455. The van der Waals surface area contributed by atoms with Gasteiger partial charge < -0.3 is 11.1 Å². The van der Waals surface area contributed by atoms with E-state index in [1.807, 2.05) is 0 Å². The van der Waals surface area contributed by atoms with Crippen LogP contribution in [-0.2, 0) is 14.8 Å². The van der Waals surface area contributed by atoms with E-state index in [0.29, 0.717) is 0 Å². The second kappa shape index (κ2) is 5.94. The molecular formula is C11H17ClN4O3S. The minimum atomic E-state index is -3.86. The standard InChI is InChI=1S/C11H17ClN4O3S/c1-11(2,3)16-9(17)6-15-20(18,19)7-4-8(12)10(13)14-5-7/h4-5,15H,6H2,1-3H3,(H2,13,14)(H,16,17). The van der Waals surface area contributed by atoms with E-state index in [1.165, 1.54) is 6.07 Å². The quantitative estimate of drug-likeness (QED) is 0.748. The van der Waals surface area contributed by atoms with Gasteiger partial charge in [0, 0.05) is 11.7 Å². The number of nitrogens with zero attached hydrogens (tertiary/aromatic N) is 1. The lowest BCUT2D eigenvalue weighted by Crippen LogP contribution is -2.45. The minimum Gasteiger partial charge on any atom is -0.382 e. The molecule has 0 atom stereocenters. The average molecular weight is 321 g/mol. The van der Waals surface area contributed by atoms with Crippen LogP contribution in [0.1, 0.15) is 20.8 Å². The van der Waals surface area contributed by atoms with E-state index in [-0.39, 0.29) is 22.3 Å². The number of carbonyl (C=O) groups is 1. The summed E-state index contributed by atoms with van der Waals surface area (Å²) in [6, 6.07) is 1.17. The molecule has 0 aliphatic heterocycles. The van der Waals surface area contributed by atoms with Gasteiger partial charge in [-0.2, -0.15) is 0 Å². The molecular weight excluding hydrogens is 304 g/mol. The Bertz CT molecular complexity index is 611. The molecule has 20 heavy (non-hydrogen) atoms. The molecule has 7 nitrogen and oxygen atoms in total. The number of pyridine rings is 1. The van der Waals surface area contributed by atoms with Crippen molar-refractivity contribution in [2.24, 2.45) is 0 Å². The van der Waals surface area contributed by atoms with Gasteiger partial charge in [0.2, 0.25) is 15.9 Å². The summed E-state index contributed by atoms with van der Waals surface area (Å²) < 4.78 is 26.0. The highest BCUT2D eigenvalue weighted by atomic mass is 35.5. The number of rotatable bonds is 4. The summed E-state index contributed by atoms with van der Waals surface area (Å²) in [5.74, 6) is -0.397. The van der Waals surface area contributed by atoms with Gasteiger partial charge >= 0.3 is 0 Å². The van der Waals surface area contributed by atoms with Crippen molar-refractivity contribution in [1.82, 2.24) is 15.0 Å². The van der Waals surface area contributed by atoms with E-state index in [9.17, 15) is 13.2 Å². The van der Waals surface area contributed by atoms with E-state index >= 15 is 0 Å². The predicted molar refractivity (Wildman–Crippen MR) is 76.7 cm³/mol. The molecule has 1 aromatic rings. The number of hydrogen-bond acceptors (Lipinski definition) is 5. The molecule has 1 aromatic heterocycles. The lowest BCUT2D eigenvalue weighted by atomic mass is 10.1. The van der Waals surface area contributed by atoms with Crippen LogP contribution in [0.2, 0.25) is 5.02 Å². The van der Waals surface area contributed by atoms with Crippen LogP contribution >= 0.6 is 11.6 Å². The number of nitrogen functional groups attached to an aromatic ring is 1. The van der Waals surface area contributed by atoms with Crippen molar-refractivity contribution in [1.29, 1.82) is 0 Å². The number of hydrogen-bond donors (Lipinski definition) is 3. The number of aromatic nitrogens is 1. The molecule has 9 heteroatoms. The highest BCUT2D eigenvalue weighted by Gasteiger charge is 2.19. The molecule has 1 rings (SSSR count). The Labute approximate surface area is 123 Å². The number of nitrogens with two attached hydrogens (primary N) is 1. The Hall–Kier alpha value is -1.38. The van der Waals surface area contributed by atoms with E-state index in [4.69, 9.17) is 17.3 Å². The van der Waals surface area contributed by atoms with Crippen LogP contribution in [0.15, 0.2) is 17.2 Å². The van der Waals surface area contributed by atoms with Crippen LogP contribution < -0.4 is 15.8 Å². The molecule has 0 radical (unpaired) electrons. The van der Waals surface area contributed by atoms with Gasteiger partial charge in [0.05, 0.1) is 11.6 Å². The molecule has 0 fully saturated rings. The lowest BCUT2D eigenvalue weighted by Gasteiger charge is -2.20. The van der Waals surface area contributed by atoms with Crippen LogP contribution in [-0.4, -0.2) is 31.4 Å². The van der Waals surface area contributed by atoms with Crippen molar-refractivity contribution in [3.63, 3.8) is 0 Å². The summed E-state index contributed by atoms with van der Waals surface area (Å²) in [5.41, 5.74) is 4.97. The molecule has 0 unspecified atom stereocenters. The molecule has 0 saturated carbocycles. The predicted octanol–water partition coefficient (Wildman–Crippen LogP) is 0.510. The van der Waals surface area contributed by atoms with Crippen molar-refractivity contribution >= 4 is 33.3 Å². The summed E-state index contributed by atoms with van der Waals surface area (Å²) in [7, 11) is -3.86. The van der Waals surface area contributed by atoms with Crippen molar-refractivity contribution < 1.29 is 13.2 Å². The third-order valence-electron chi connectivity index (χ3n) is 2.09. The largest absolute Gasteiger partial charge is 0.382 e. The molecule has 0 aliphatic carbocycles. The molecule has 0 aromatic carbocycles. The van der Waals surface area contributed by atoms with Gasteiger partial charge in [0.25, 0.3) is 0 Å². The van der Waals surface area contributed by atoms with Gasteiger partial charge in [-0.05, 0) is 26.8 Å². The second-order valence-corrected chi connectivity index (χ2v) is 7.33. The Kier molecular flexibility index (Phi) is 4.95. The molecule has 0 saturated heterocycles. The number of amides is 1. The molecule has 112 valence electrons. The molecule has 0 spiro atoms. The normalized spacial score (nSPS) is 12.2. The molecule has 0 bridgehead atoms. The van der Waals surface area contributed by atoms with Gasteiger partial charge in [-0.25, -0.2) is 18.1 Å². The van der Waals surface area contributed by atoms with Crippen LogP contribution in [0.4, 0.5) is 5.82 Å². The van der Waals surface area contributed by atoms with Crippen LogP contribution in [0.3, 0.4) is 0 Å². The van der Waals surface area contributed by atoms with Gasteiger partial charge in [-0.3, -0.25) is 4.79 Å². The highest BCUT2D eigenvalue weighted by Crippen LogP contribution is 2.19. The maximum atomic E-state index is 11.9. The first-order valence-corrected chi connectivity index (χ1v) is 7.59. The number of anilines is 1. The van der Waals surface area contributed by atoms with Crippen molar-refractivity contribution in [2.75, 3.05) is 12.3 Å². The molecule has 1 amide bonds. The maximum absolute atomic E-state index is 11.9. The zero-order valence-corrected chi connectivity index (χ0v) is 13.0. The first-order chi connectivity index (χ1) is 9.01. The van der Waals surface area contributed by atoms with Gasteiger partial charge in [0.1, 0.15) is 10.7 Å². The summed E-state index contributed by atoms with van der Waals surface area (Å²) in [6.07, 6.45) is 1.07. The summed E-state index contributed by atoms with van der Waals surface area (Å²) in [4.78, 5) is 15.1. The monoisotopic (exact) mass is 320 g/mol. The smallest absolute Gasteiger partial charge is 0.242 e. The van der Waals surface area contributed by atoms with Crippen LogP contribution in [0.5, 0.6) is 0 Å².